The second kappa shape index (κ2) is 8.41. The van der Waals surface area contributed by atoms with Gasteiger partial charge in [-0.3, -0.25) is 9.10 Å². The van der Waals surface area contributed by atoms with Crippen LogP contribution >= 0.6 is 11.6 Å². The van der Waals surface area contributed by atoms with Crippen molar-refractivity contribution in [3.05, 3.63) is 28.8 Å². The van der Waals surface area contributed by atoms with E-state index in [1.54, 1.807) is 32.0 Å². The molecule has 140 valence electrons. The van der Waals surface area contributed by atoms with Crippen LogP contribution < -0.4 is 9.62 Å². The van der Waals surface area contributed by atoms with Gasteiger partial charge in [-0.25, -0.2) is 8.42 Å². The van der Waals surface area contributed by atoms with Gasteiger partial charge < -0.3 is 5.32 Å². The molecule has 1 fully saturated rings. The molecule has 2 rings (SSSR count). The van der Waals surface area contributed by atoms with Gasteiger partial charge in [0.25, 0.3) is 0 Å². The summed E-state index contributed by atoms with van der Waals surface area (Å²) in [5.41, 5.74) is 1.19. The standard InChI is InChI=1S/C18H27ClN2O3S/c1-13-9-10-16(19)11-17(13)21(25(3,23)24)14(2)18(22)20-12-15-7-5-4-6-8-15/h9-11,14-15H,4-8,12H2,1-3H3,(H,20,22)/t14-/m1/s1. The maximum Gasteiger partial charge on any atom is 0.243 e. The number of hydrogen-bond donors (Lipinski definition) is 1. The van der Waals surface area contributed by atoms with Gasteiger partial charge in [0.1, 0.15) is 6.04 Å². The number of halogens is 1. The van der Waals surface area contributed by atoms with E-state index in [0.717, 1.165) is 29.0 Å². The molecule has 0 heterocycles. The number of rotatable bonds is 6. The van der Waals surface area contributed by atoms with Gasteiger partial charge in [0.15, 0.2) is 0 Å². The average molecular weight is 387 g/mol. The quantitative estimate of drug-likeness (QED) is 0.813. The van der Waals surface area contributed by atoms with Crippen molar-refractivity contribution >= 4 is 33.2 Å². The van der Waals surface area contributed by atoms with Gasteiger partial charge in [-0.05, 0) is 50.3 Å². The van der Waals surface area contributed by atoms with Crippen LogP contribution in [0.25, 0.3) is 0 Å². The third-order valence-electron chi connectivity index (χ3n) is 4.79. The van der Waals surface area contributed by atoms with Crippen LogP contribution in [0.2, 0.25) is 5.02 Å². The number of anilines is 1. The number of amides is 1. The van der Waals surface area contributed by atoms with Crippen molar-refractivity contribution in [3.63, 3.8) is 0 Å². The first kappa shape index (κ1) is 20.0. The van der Waals surface area contributed by atoms with E-state index in [1.165, 1.54) is 19.3 Å². The number of hydrogen-bond acceptors (Lipinski definition) is 3. The molecule has 7 heteroatoms. The molecule has 0 bridgehead atoms. The van der Waals surface area contributed by atoms with E-state index >= 15 is 0 Å². The second-order valence-corrected chi connectivity index (χ2v) is 9.21. The topological polar surface area (TPSA) is 66.5 Å². The smallest absolute Gasteiger partial charge is 0.243 e. The van der Waals surface area contributed by atoms with Crippen LogP contribution in [0.5, 0.6) is 0 Å². The lowest BCUT2D eigenvalue weighted by Gasteiger charge is -2.30. The molecule has 0 spiro atoms. The summed E-state index contributed by atoms with van der Waals surface area (Å²) in [6, 6.07) is 4.20. The zero-order valence-corrected chi connectivity index (χ0v) is 16.7. The maximum absolute atomic E-state index is 12.6. The Morgan fingerprint density at radius 2 is 1.96 bits per heavy atom. The predicted molar refractivity (Wildman–Crippen MR) is 103 cm³/mol. The van der Waals surface area contributed by atoms with E-state index in [9.17, 15) is 13.2 Å². The lowest BCUT2D eigenvalue weighted by atomic mass is 9.89. The van der Waals surface area contributed by atoms with Gasteiger partial charge in [0, 0.05) is 11.6 Å². The van der Waals surface area contributed by atoms with E-state index in [2.05, 4.69) is 5.32 Å². The summed E-state index contributed by atoms with van der Waals surface area (Å²) in [6.07, 6.45) is 7.02. The molecule has 1 amide bonds. The summed E-state index contributed by atoms with van der Waals surface area (Å²) < 4.78 is 25.9. The van der Waals surface area contributed by atoms with Crippen molar-refractivity contribution in [2.45, 2.75) is 52.0 Å². The molecule has 1 aliphatic rings. The van der Waals surface area contributed by atoms with Crippen LogP contribution in [-0.4, -0.2) is 33.2 Å². The summed E-state index contributed by atoms with van der Waals surface area (Å²) in [7, 11) is -3.63. The van der Waals surface area contributed by atoms with Crippen LogP contribution in [0.15, 0.2) is 18.2 Å². The number of nitrogens with zero attached hydrogens (tertiary/aromatic N) is 1. The van der Waals surface area contributed by atoms with Gasteiger partial charge >= 0.3 is 0 Å². The van der Waals surface area contributed by atoms with Gasteiger partial charge in [-0.2, -0.15) is 0 Å². The molecule has 0 aromatic heterocycles. The number of nitrogens with one attached hydrogen (secondary N) is 1. The first-order valence-corrected chi connectivity index (χ1v) is 11.0. The Balaban J connectivity index is 2.16. The summed E-state index contributed by atoms with van der Waals surface area (Å²) in [4.78, 5) is 12.6. The number of aryl methyl sites for hydroxylation is 1. The van der Waals surface area contributed by atoms with E-state index in [1.807, 2.05) is 0 Å². The van der Waals surface area contributed by atoms with Crippen LogP contribution in [-0.2, 0) is 14.8 Å². The SMILES string of the molecule is Cc1ccc(Cl)cc1N([C@H](C)C(=O)NCC1CCCCC1)S(C)(=O)=O. The average Bonchev–Trinajstić information content (AvgIpc) is 2.55. The zero-order chi connectivity index (χ0) is 18.6. The molecule has 1 aromatic carbocycles. The Labute approximate surface area is 155 Å². The van der Waals surface area contributed by atoms with Crippen molar-refractivity contribution in [1.82, 2.24) is 5.32 Å². The summed E-state index contributed by atoms with van der Waals surface area (Å²) in [6.45, 7) is 4.02. The molecular weight excluding hydrogens is 360 g/mol. The maximum atomic E-state index is 12.6. The molecule has 1 aliphatic carbocycles. The van der Waals surface area contributed by atoms with Crippen LogP contribution in [0.4, 0.5) is 5.69 Å². The van der Waals surface area contributed by atoms with Crippen molar-refractivity contribution in [2.75, 3.05) is 17.1 Å². The van der Waals surface area contributed by atoms with Crippen LogP contribution in [0.1, 0.15) is 44.6 Å². The molecule has 25 heavy (non-hydrogen) atoms. The Kier molecular flexibility index (Phi) is 6.74. The third-order valence-corrected chi connectivity index (χ3v) is 6.25. The first-order valence-electron chi connectivity index (χ1n) is 8.73. The van der Waals surface area contributed by atoms with Crippen molar-refractivity contribution in [3.8, 4) is 0 Å². The van der Waals surface area contributed by atoms with Gasteiger partial charge in [0.2, 0.25) is 15.9 Å². The van der Waals surface area contributed by atoms with Gasteiger partial charge in [-0.1, -0.05) is 36.9 Å². The van der Waals surface area contributed by atoms with E-state index in [-0.39, 0.29) is 5.91 Å². The zero-order valence-electron chi connectivity index (χ0n) is 15.1. The highest BCUT2D eigenvalue weighted by Gasteiger charge is 2.30. The molecule has 1 saturated carbocycles. The Hall–Kier alpha value is -1.27. The molecule has 5 nitrogen and oxygen atoms in total. The minimum atomic E-state index is -3.63. The first-order chi connectivity index (χ1) is 11.7. The lowest BCUT2D eigenvalue weighted by molar-refractivity contribution is -0.122. The fourth-order valence-corrected chi connectivity index (χ4v) is 4.78. The molecule has 0 aliphatic heterocycles. The van der Waals surface area contributed by atoms with Crippen LogP contribution in [0, 0.1) is 12.8 Å². The molecule has 0 radical (unpaired) electrons. The monoisotopic (exact) mass is 386 g/mol. The van der Waals surface area contributed by atoms with E-state index in [4.69, 9.17) is 11.6 Å². The highest BCUT2D eigenvalue weighted by atomic mass is 35.5. The number of carbonyl (C=O) groups is 1. The molecule has 1 aromatic rings. The second-order valence-electron chi connectivity index (χ2n) is 6.91. The largest absolute Gasteiger partial charge is 0.354 e. The molecule has 0 saturated heterocycles. The highest BCUT2D eigenvalue weighted by Crippen LogP contribution is 2.28. The molecule has 0 unspecified atom stereocenters. The Morgan fingerprint density at radius 1 is 1.32 bits per heavy atom. The van der Waals surface area contributed by atoms with E-state index < -0.39 is 16.1 Å². The number of sulfonamides is 1. The summed E-state index contributed by atoms with van der Waals surface area (Å²) in [5.74, 6) is 0.208. The Bertz CT molecular complexity index is 715. The third kappa shape index (κ3) is 5.35. The van der Waals surface area contributed by atoms with Crippen molar-refractivity contribution in [1.29, 1.82) is 0 Å². The summed E-state index contributed by atoms with van der Waals surface area (Å²) in [5, 5.41) is 3.36. The van der Waals surface area contributed by atoms with Gasteiger partial charge in [0.05, 0.1) is 11.9 Å². The Morgan fingerprint density at radius 3 is 2.56 bits per heavy atom. The minimum Gasteiger partial charge on any atom is -0.354 e. The van der Waals surface area contributed by atoms with Crippen molar-refractivity contribution < 1.29 is 13.2 Å². The number of benzene rings is 1. The highest BCUT2D eigenvalue weighted by molar-refractivity contribution is 7.92. The van der Waals surface area contributed by atoms with Crippen LogP contribution in [0.3, 0.4) is 0 Å². The fourth-order valence-electron chi connectivity index (χ4n) is 3.38. The minimum absolute atomic E-state index is 0.282. The predicted octanol–water partition coefficient (Wildman–Crippen LogP) is 3.50. The lowest BCUT2D eigenvalue weighted by Crippen LogP contribution is -2.49. The molecule has 1 atom stereocenters. The molecular formula is C18H27ClN2O3S. The molecule has 1 N–H and O–H groups in total. The fraction of sp³-hybridized carbons (Fsp3) is 0.611. The summed E-state index contributed by atoms with van der Waals surface area (Å²) >= 11 is 6.04. The van der Waals surface area contributed by atoms with E-state index in [0.29, 0.717) is 23.2 Å². The normalized spacial score (nSPS) is 17.1. The van der Waals surface area contributed by atoms with Gasteiger partial charge in [-0.15, -0.1) is 0 Å². The van der Waals surface area contributed by atoms with Crippen molar-refractivity contribution in [2.24, 2.45) is 5.92 Å². The number of carbonyl (C=O) groups excluding carboxylic acids is 1.